The van der Waals surface area contributed by atoms with Crippen molar-refractivity contribution in [3.8, 4) is 0 Å². The topological polar surface area (TPSA) is 364 Å². The first-order valence-electron chi connectivity index (χ1n) is 15.5. The lowest BCUT2D eigenvalue weighted by Gasteiger charge is -2.30. The van der Waals surface area contributed by atoms with Gasteiger partial charge in [0, 0.05) is 36.6 Å². The van der Waals surface area contributed by atoms with Crippen molar-refractivity contribution >= 4 is 69.1 Å². The summed E-state index contributed by atoms with van der Waals surface area (Å²) in [6.07, 6.45) is -6.89. The molecule has 1 aliphatic rings. The average Bonchev–Trinajstić information content (AvgIpc) is 3.60. The molecular weight excluding hydrogens is 795 g/mol. The average molecular weight is 838 g/mol. The fraction of sp³-hybridized carbons (Fsp3) is 0.680. The van der Waals surface area contributed by atoms with E-state index < -0.39 is 84.6 Å². The van der Waals surface area contributed by atoms with Crippen molar-refractivity contribution in [2.24, 2.45) is 11.3 Å². The van der Waals surface area contributed by atoms with Gasteiger partial charge in [-0.25, -0.2) is 28.6 Å². The van der Waals surface area contributed by atoms with Gasteiger partial charge in [-0.15, -0.1) is 0 Å². The van der Waals surface area contributed by atoms with Crippen LogP contribution < -0.4 is 16.4 Å². The maximum Gasteiger partial charge on any atom is 0.481 e. The number of aliphatic hydroxyl groups excluding tert-OH is 2. The van der Waals surface area contributed by atoms with Crippen molar-refractivity contribution in [2.45, 2.75) is 64.8 Å². The number of phosphoric ester groups is 3. The molecule has 0 bridgehead atoms. The Morgan fingerprint density at radius 3 is 2.36 bits per heavy atom. The Hall–Kier alpha value is -2.44. The Bertz CT molecular complexity index is 1760. The van der Waals surface area contributed by atoms with Gasteiger partial charge in [0.1, 0.15) is 36.3 Å². The first-order valence-corrected chi connectivity index (χ1v) is 21.0. The molecule has 300 valence electrons. The van der Waals surface area contributed by atoms with Crippen molar-refractivity contribution < 1.29 is 80.5 Å². The molecule has 28 heteroatoms. The Kier molecular flexibility index (Phi) is 15.7. The van der Waals surface area contributed by atoms with Crippen LogP contribution >= 0.6 is 35.2 Å². The number of phosphoric acid groups is 3. The van der Waals surface area contributed by atoms with Crippen molar-refractivity contribution in [1.82, 2.24) is 30.2 Å². The summed E-state index contributed by atoms with van der Waals surface area (Å²) in [6.45, 7) is 4.03. The Morgan fingerprint density at radius 1 is 1.06 bits per heavy atom. The van der Waals surface area contributed by atoms with Crippen LogP contribution in [0.15, 0.2) is 12.7 Å². The van der Waals surface area contributed by atoms with E-state index in [0.717, 1.165) is 29.0 Å². The summed E-state index contributed by atoms with van der Waals surface area (Å²) in [7, 11) is -16.4. The summed E-state index contributed by atoms with van der Waals surface area (Å²) in [5, 5.41) is 26.3. The van der Waals surface area contributed by atoms with Gasteiger partial charge in [-0.1, -0.05) is 39.5 Å². The van der Waals surface area contributed by atoms with Gasteiger partial charge < -0.3 is 50.9 Å². The van der Waals surface area contributed by atoms with E-state index >= 15 is 0 Å². The first kappa shape index (κ1) is 45.0. The largest absolute Gasteiger partial charge is 0.481 e. The highest BCUT2D eigenvalue weighted by Crippen LogP contribution is 2.61. The van der Waals surface area contributed by atoms with E-state index in [1.54, 1.807) is 13.8 Å². The molecule has 2 amide bonds. The van der Waals surface area contributed by atoms with Crippen molar-refractivity contribution in [3.05, 3.63) is 12.7 Å². The molecule has 2 aromatic heterocycles. The molecule has 0 radical (unpaired) electrons. The van der Waals surface area contributed by atoms with Gasteiger partial charge in [0.05, 0.1) is 19.5 Å². The molecule has 53 heavy (non-hydrogen) atoms. The summed E-state index contributed by atoms with van der Waals surface area (Å²) in [6, 6.07) is 0. The highest BCUT2D eigenvalue weighted by molar-refractivity contribution is 8.13. The fourth-order valence-corrected chi connectivity index (χ4v) is 8.02. The van der Waals surface area contributed by atoms with Gasteiger partial charge >= 0.3 is 23.5 Å². The smallest absolute Gasteiger partial charge is 0.386 e. The van der Waals surface area contributed by atoms with E-state index in [2.05, 4.69) is 34.4 Å². The molecule has 2 aromatic rings. The van der Waals surface area contributed by atoms with Crippen LogP contribution in [0.3, 0.4) is 0 Å². The lowest BCUT2D eigenvalue weighted by atomic mass is 9.87. The van der Waals surface area contributed by atoms with Crippen LogP contribution in [0.1, 0.15) is 40.3 Å². The van der Waals surface area contributed by atoms with Crippen LogP contribution in [-0.4, -0.2) is 123 Å². The van der Waals surface area contributed by atoms with Gasteiger partial charge in [-0.2, -0.15) is 4.31 Å². The number of imidazole rings is 1. The fourth-order valence-electron chi connectivity index (χ4n) is 4.45. The lowest BCUT2D eigenvalue weighted by molar-refractivity contribution is -0.137. The van der Waals surface area contributed by atoms with E-state index in [4.69, 9.17) is 19.5 Å². The van der Waals surface area contributed by atoms with E-state index in [0.29, 0.717) is 5.75 Å². The number of thioether (sulfide) groups is 1. The molecule has 0 spiro atoms. The van der Waals surface area contributed by atoms with Gasteiger partial charge in [0.25, 0.3) is 0 Å². The SMILES string of the molecule is CC(C)C(=O)SCCNC(=O)CCNC(=O)[C@H](O)C(C)(C)COP(=O)(O)OP(=O)(O)OC[C@@H]1O[C@H](n2cnc3c(N)ncnc32)[C@H](O)[C@@H]1OP(=O)(O)O. The van der Waals surface area contributed by atoms with Crippen LogP contribution in [0, 0.1) is 11.3 Å². The van der Waals surface area contributed by atoms with Crippen LogP contribution in [0.2, 0.25) is 0 Å². The molecule has 0 aliphatic carbocycles. The molecular formula is C25H42N7O17P3S. The summed E-state index contributed by atoms with van der Waals surface area (Å²) >= 11 is 1.08. The van der Waals surface area contributed by atoms with E-state index in [9.17, 15) is 57.9 Å². The first-order chi connectivity index (χ1) is 24.4. The zero-order chi connectivity index (χ0) is 39.9. The molecule has 24 nitrogen and oxygen atoms in total. The number of nitrogen functional groups attached to an aromatic ring is 1. The van der Waals surface area contributed by atoms with Crippen molar-refractivity contribution in [3.63, 3.8) is 0 Å². The predicted molar refractivity (Wildman–Crippen MR) is 182 cm³/mol. The number of amides is 2. The highest BCUT2D eigenvalue weighted by Gasteiger charge is 2.50. The van der Waals surface area contributed by atoms with Gasteiger partial charge in [-0.3, -0.25) is 32.5 Å². The zero-order valence-corrected chi connectivity index (χ0v) is 32.2. The molecule has 7 atom stereocenters. The number of ether oxygens (including phenoxy) is 1. The number of nitrogens with two attached hydrogens (primary N) is 1. The molecule has 2 unspecified atom stereocenters. The second-order valence-electron chi connectivity index (χ2n) is 12.4. The van der Waals surface area contributed by atoms with Crippen LogP contribution in [0.5, 0.6) is 0 Å². The molecule has 0 saturated carbocycles. The number of nitrogens with one attached hydrogen (secondary N) is 2. The Labute approximate surface area is 306 Å². The van der Waals surface area contributed by atoms with E-state index in [1.807, 2.05) is 0 Å². The van der Waals surface area contributed by atoms with Gasteiger partial charge in [0.15, 0.2) is 22.8 Å². The summed E-state index contributed by atoms with van der Waals surface area (Å²) in [4.78, 5) is 86.9. The monoisotopic (exact) mass is 837 g/mol. The lowest BCUT2D eigenvalue weighted by Crippen LogP contribution is -2.46. The second-order valence-corrected chi connectivity index (χ2v) is 17.7. The van der Waals surface area contributed by atoms with E-state index in [-0.39, 0.29) is 47.5 Å². The van der Waals surface area contributed by atoms with Gasteiger partial charge in [-0.05, 0) is 0 Å². The molecule has 0 aromatic carbocycles. The Morgan fingerprint density at radius 2 is 1.72 bits per heavy atom. The quantitative estimate of drug-likeness (QED) is 0.0589. The van der Waals surface area contributed by atoms with Crippen molar-refractivity contribution in [1.29, 1.82) is 0 Å². The number of fused-ring (bicyclic) bond motifs is 1. The number of hydrogen-bond donors (Lipinski definition) is 9. The number of hydrogen-bond acceptors (Lipinski definition) is 18. The normalized spacial score (nSPS) is 22.3. The minimum Gasteiger partial charge on any atom is -0.386 e. The molecule has 1 saturated heterocycles. The van der Waals surface area contributed by atoms with Crippen molar-refractivity contribution in [2.75, 3.05) is 37.8 Å². The van der Waals surface area contributed by atoms with Crippen LogP contribution in [0.25, 0.3) is 11.2 Å². The number of aromatic nitrogens is 4. The summed E-state index contributed by atoms with van der Waals surface area (Å²) in [5.74, 6) is -1.22. The number of carbonyl (C=O) groups is 3. The standard InChI is InChI=1S/C25H42N7O17P3S/c1-13(2)24(37)53-8-7-27-15(33)5-6-28-22(36)19(35)25(3,4)10-46-52(43,44)49-51(41,42)45-9-14-18(48-50(38,39)40)17(34)23(47-14)32-12-31-16-20(26)29-11-30-21(16)32/h11-14,17-19,23,34-35H,5-10H2,1-4H3,(H,27,33)(H,28,36)(H,41,42)(H,43,44)(H2,26,29,30)(H2,38,39,40)/t14-,17+,18+,19-,23-/m0/s1. The molecule has 1 fully saturated rings. The second kappa shape index (κ2) is 18.5. The van der Waals surface area contributed by atoms with E-state index in [1.165, 1.54) is 13.8 Å². The minimum absolute atomic E-state index is 0.0174. The molecule has 1 aliphatic heterocycles. The Balaban J connectivity index is 1.52. The molecule has 10 N–H and O–H groups in total. The third kappa shape index (κ3) is 13.4. The number of anilines is 1. The highest BCUT2D eigenvalue weighted by atomic mass is 32.2. The van der Waals surface area contributed by atoms with Crippen LogP contribution in [0.4, 0.5) is 5.82 Å². The third-order valence-electron chi connectivity index (χ3n) is 7.22. The number of rotatable bonds is 20. The number of carbonyl (C=O) groups excluding carboxylic acids is 3. The number of aliphatic hydroxyl groups is 2. The predicted octanol–water partition coefficient (Wildman–Crippen LogP) is -0.679. The van der Waals surface area contributed by atoms with Crippen LogP contribution in [-0.2, 0) is 50.7 Å². The molecule has 3 rings (SSSR count). The maximum atomic E-state index is 12.6. The molecule has 3 heterocycles. The summed E-state index contributed by atoms with van der Waals surface area (Å²) in [5.41, 5.74) is 4.26. The minimum atomic E-state index is -5.56. The van der Waals surface area contributed by atoms with Gasteiger partial charge in [0.2, 0.25) is 11.8 Å². The summed E-state index contributed by atoms with van der Waals surface area (Å²) < 4.78 is 61.9. The third-order valence-corrected chi connectivity index (χ3v) is 11.5. The number of nitrogens with zero attached hydrogens (tertiary/aromatic N) is 4. The zero-order valence-electron chi connectivity index (χ0n) is 28.7. The maximum absolute atomic E-state index is 12.6.